The molecule has 0 atom stereocenters. The second-order valence-electron chi connectivity index (χ2n) is 8.19. The maximum atomic E-state index is 13.9. The first-order valence-corrected chi connectivity index (χ1v) is 11.0. The van der Waals surface area contributed by atoms with Crippen LogP contribution in [0.1, 0.15) is 46.4 Å². The summed E-state index contributed by atoms with van der Waals surface area (Å²) in [7, 11) is 3.34. The molecule has 2 amide bonds. The topological polar surface area (TPSA) is 49.9 Å². The van der Waals surface area contributed by atoms with Crippen molar-refractivity contribution >= 4 is 23.4 Å². The number of ether oxygens (including phenoxy) is 1. The number of carbonyl (C=O) groups is 2. The fourth-order valence-corrected chi connectivity index (χ4v) is 4.07. The smallest absolute Gasteiger partial charge is 0.256 e. The molecule has 5 nitrogen and oxygen atoms in total. The van der Waals surface area contributed by atoms with Crippen LogP contribution in [-0.4, -0.2) is 55.4 Å². The maximum Gasteiger partial charge on any atom is 0.256 e. The summed E-state index contributed by atoms with van der Waals surface area (Å²) in [5.41, 5.74) is 0.220. The molecule has 2 aromatic rings. The molecule has 0 aliphatic carbocycles. The Hall–Kier alpha value is -2.67. The van der Waals surface area contributed by atoms with Crippen LogP contribution in [0, 0.1) is 17.6 Å². The van der Waals surface area contributed by atoms with E-state index in [4.69, 9.17) is 16.3 Å². The maximum absolute atomic E-state index is 13.9. The van der Waals surface area contributed by atoms with Gasteiger partial charge in [0.05, 0.1) is 22.8 Å². The van der Waals surface area contributed by atoms with E-state index in [0.29, 0.717) is 41.9 Å². The van der Waals surface area contributed by atoms with Gasteiger partial charge in [0.2, 0.25) is 0 Å². The molecule has 0 aromatic heterocycles. The van der Waals surface area contributed by atoms with Gasteiger partial charge in [0, 0.05) is 27.2 Å². The van der Waals surface area contributed by atoms with Gasteiger partial charge in [0.15, 0.2) is 0 Å². The third-order valence-corrected chi connectivity index (χ3v) is 5.98. The second kappa shape index (κ2) is 10.8. The fraction of sp³-hybridized carbons (Fsp3) is 0.417. The highest BCUT2D eigenvalue weighted by Crippen LogP contribution is 2.26. The lowest BCUT2D eigenvalue weighted by atomic mass is 9.92. The number of rotatable bonds is 7. The molecule has 0 bridgehead atoms. The molecule has 1 heterocycles. The molecule has 0 saturated carbocycles. The standard InChI is InChI=1S/C24H27ClF2N2O3/c1-28(2)23(30)19-7-6-18(15-21(19)25)32-13-3-4-16-9-11-29(12-10-16)24(31)20-14-17(26)5-8-22(20)27/h5-8,14-16H,3-4,9-13H2,1-2H3. The minimum atomic E-state index is -0.699. The summed E-state index contributed by atoms with van der Waals surface area (Å²) in [6, 6.07) is 7.98. The van der Waals surface area contributed by atoms with Crippen LogP contribution in [0.15, 0.2) is 36.4 Å². The normalized spacial score (nSPS) is 14.3. The molecule has 3 rings (SSSR count). The lowest BCUT2D eigenvalue weighted by Crippen LogP contribution is -2.39. The quantitative estimate of drug-likeness (QED) is 0.540. The van der Waals surface area contributed by atoms with Crippen molar-refractivity contribution in [1.29, 1.82) is 0 Å². The van der Waals surface area contributed by atoms with Gasteiger partial charge in [0.25, 0.3) is 11.8 Å². The van der Waals surface area contributed by atoms with Crippen molar-refractivity contribution in [2.45, 2.75) is 25.7 Å². The first-order valence-electron chi connectivity index (χ1n) is 10.6. The van der Waals surface area contributed by atoms with Crippen LogP contribution in [0.2, 0.25) is 5.02 Å². The zero-order valence-corrected chi connectivity index (χ0v) is 19.0. The number of halogens is 3. The highest BCUT2D eigenvalue weighted by molar-refractivity contribution is 6.34. The molecule has 0 spiro atoms. The molecule has 1 saturated heterocycles. The molecule has 2 aromatic carbocycles. The number of benzene rings is 2. The number of likely N-dealkylation sites (tertiary alicyclic amines) is 1. The number of piperidine rings is 1. The van der Waals surface area contributed by atoms with Crippen LogP contribution in [0.4, 0.5) is 8.78 Å². The van der Waals surface area contributed by atoms with Crippen molar-refractivity contribution in [3.8, 4) is 5.75 Å². The van der Waals surface area contributed by atoms with Crippen LogP contribution in [0.3, 0.4) is 0 Å². The third kappa shape index (κ3) is 5.97. The van der Waals surface area contributed by atoms with E-state index in [-0.39, 0.29) is 11.5 Å². The average molecular weight is 465 g/mol. The summed E-state index contributed by atoms with van der Waals surface area (Å²) in [5, 5.41) is 0.355. The molecule has 172 valence electrons. The fourth-order valence-electron chi connectivity index (χ4n) is 3.82. The van der Waals surface area contributed by atoms with E-state index in [1.807, 2.05) is 0 Å². The van der Waals surface area contributed by atoms with E-state index in [0.717, 1.165) is 43.9 Å². The first-order chi connectivity index (χ1) is 15.3. The molecule has 32 heavy (non-hydrogen) atoms. The van der Waals surface area contributed by atoms with Gasteiger partial charge in [-0.1, -0.05) is 11.6 Å². The summed E-state index contributed by atoms with van der Waals surface area (Å²) in [5.74, 6) is -0.880. The minimum absolute atomic E-state index is 0.161. The molecule has 1 aliphatic rings. The summed E-state index contributed by atoms with van der Waals surface area (Å²) < 4.78 is 33.0. The number of amides is 2. The monoisotopic (exact) mass is 464 g/mol. The number of carbonyl (C=O) groups excluding carboxylic acids is 2. The van der Waals surface area contributed by atoms with Crippen molar-refractivity contribution in [1.82, 2.24) is 9.80 Å². The zero-order chi connectivity index (χ0) is 23.3. The SMILES string of the molecule is CN(C)C(=O)c1ccc(OCCCC2CCN(C(=O)c3cc(F)ccc3F)CC2)cc1Cl. The van der Waals surface area contributed by atoms with Gasteiger partial charge in [-0.2, -0.15) is 0 Å². The largest absolute Gasteiger partial charge is 0.494 e. The van der Waals surface area contributed by atoms with E-state index in [1.54, 1.807) is 37.2 Å². The Balaban J connectivity index is 1.41. The van der Waals surface area contributed by atoms with Gasteiger partial charge in [0.1, 0.15) is 17.4 Å². The molecule has 1 aliphatic heterocycles. The van der Waals surface area contributed by atoms with Crippen LogP contribution in [0.25, 0.3) is 0 Å². The van der Waals surface area contributed by atoms with Crippen molar-refractivity contribution in [3.05, 3.63) is 64.2 Å². The Morgan fingerprint density at radius 3 is 2.47 bits per heavy atom. The van der Waals surface area contributed by atoms with E-state index in [1.165, 1.54) is 4.90 Å². The molecular weight excluding hydrogens is 438 g/mol. The molecule has 0 unspecified atom stereocenters. The number of hydrogen-bond acceptors (Lipinski definition) is 3. The Morgan fingerprint density at radius 2 is 1.81 bits per heavy atom. The lowest BCUT2D eigenvalue weighted by molar-refractivity contribution is 0.0678. The molecule has 0 N–H and O–H groups in total. The van der Waals surface area contributed by atoms with Gasteiger partial charge < -0.3 is 14.5 Å². The van der Waals surface area contributed by atoms with E-state index >= 15 is 0 Å². The van der Waals surface area contributed by atoms with Crippen LogP contribution in [-0.2, 0) is 0 Å². The summed E-state index contributed by atoms with van der Waals surface area (Å²) in [6.07, 6.45) is 3.42. The lowest BCUT2D eigenvalue weighted by Gasteiger charge is -2.32. The van der Waals surface area contributed by atoms with Gasteiger partial charge >= 0.3 is 0 Å². The van der Waals surface area contributed by atoms with Crippen molar-refractivity contribution in [3.63, 3.8) is 0 Å². The Kier molecular flexibility index (Phi) is 8.07. The van der Waals surface area contributed by atoms with Crippen LogP contribution in [0.5, 0.6) is 5.75 Å². The van der Waals surface area contributed by atoms with Crippen molar-refractivity contribution in [2.24, 2.45) is 5.92 Å². The molecule has 0 radical (unpaired) electrons. The van der Waals surface area contributed by atoms with Crippen LogP contribution >= 0.6 is 11.6 Å². The predicted octanol–water partition coefficient (Wildman–Crippen LogP) is 5.03. The Morgan fingerprint density at radius 1 is 1.09 bits per heavy atom. The van der Waals surface area contributed by atoms with Crippen LogP contribution < -0.4 is 4.74 Å². The number of hydrogen-bond donors (Lipinski definition) is 0. The highest BCUT2D eigenvalue weighted by atomic mass is 35.5. The van der Waals surface area contributed by atoms with E-state index in [9.17, 15) is 18.4 Å². The highest BCUT2D eigenvalue weighted by Gasteiger charge is 2.25. The summed E-state index contributed by atoms with van der Waals surface area (Å²) in [6.45, 7) is 1.57. The Bertz CT molecular complexity index is 976. The second-order valence-corrected chi connectivity index (χ2v) is 8.60. The molecular formula is C24H27ClF2N2O3. The van der Waals surface area contributed by atoms with Crippen molar-refractivity contribution in [2.75, 3.05) is 33.8 Å². The molecule has 8 heteroatoms. The van der Waals surface area contributed by atoms with E-state index < -0.39 is 17.5 Å². The predicted molar refractivity (Wildman–Crippen MR) is 119 cm³/mol. The summed E-state index contributed by atoms with van der Waals surface area (Å²) >= 11 is 6.20. The van der Waals surface area contributed by atoms with Gasteiger partial charge in [-0.3, -0.25) is 9.59 Å². The van der Waals surface area contributed by atoms with Gasteiger partial charge in [-0.25, -0.2) is 8.78 Å². The third-order valence-electron chi connectivity index (χ3n) is 5.66. The number of nitrogens with zero attached hydrogens (tertiary/aromatic N) is 2. The van der Waals surface area contributed by atoms with Gasteiger partial charge in [-0.05, 0) is 68.0 Å². The van der Waals surface area contributed by atoms with Crippen molar-refractivity contribution < 1.29 is 23.1 Å². The summed E-state index contributed by atoms with van der Waals surface area (Å²) in [4.78, 5) is 27.6. The Labute approximate surface area is 191 Å². The molecule has 1 fully saturated rings. The first kappa shape index (κ1) is 24.0. The average Bonchev–Trinajstić information content (AvgIpc) is 2.78. The van der Waals surface area contributed by atoms with E-state index in [2.05, 4.69) is 0 Å². The zero-order valence-electron chi connectivity index (χ0n) is 18.2. The minimum Gasteiger partial charge on any atom is -0.494 e. The van der Waals surface area contributed by atoms with Gasteiger partial charge in [-0.15, -0.1) is 0 Å².